The van der Waals surface area contributed by atoms with Crippen LogP contribution in [0.1, 0.15) is 10.4 Å². The first-order valence-electron chi connectivity index (χ1n) is 5.22. The van der Waals surface area contributed by atoms with Gasteiger partial charge >= 0.3 is 5.97 Å². The van der Waals surface area contributed by atoms with Gasteiger partial charge in [0, 0.05) is 5.69 Å². The second kappa shape index (κ2) is 5.43. The third-order valence-electron chi connectivity index (χ3n) is 2.29. The van der Waals surface area contributed by atoms with E-state index in [0.29, 0.717) is 0 Å². The van der Waals surface area contributed by atoms with Gasteiger partial charge in [-0.1, -0.05) is 0 Å². The zero-order chi connectivity index (χ0) is 14.8. The Hall–Kier alpha value is -2.19. The van der Waals surface area contributed by atoms with Crippen molar-refractivity contribution in [3.8, 4) is 0 Å². The molecule has 7 nitrogen and oxygen atoms in total. The quantitative estimate of drug-likeness (QED) is 0.830. The van der Waals surface area contributed by atoms with Crippen molar-refractivity contribution in [1.82, 2.24) is 9.97 Å². The van der Waals surface area contributed by atoms with Crippen LogP contribution < -0.4 is 4.72 Å². The molecule has 9 heteroatoms. The second-order valence-corrected chi connectivity index (χ2v) is 5.70. The van der Waals surface area contributed by atoms with Crippen molar-refractivity contribution in [2.24, 2.45) is 0 Å². The van der Waals surface area contributed by atoms with Gasteiger partial charge in [-0.2, -0.15) is 0 Å². The van der Waals surface area contributed by atoms with E-state index in [1.807, 2.05) is 0 Å². The van der Waals surface area contributed by atoms with Gasteiger partial charge in [-0.25, -0.2) is 23.2 Å². The molecule has 0 atom stereocenters. The molecular formula is C11H8ClN3O4S. The summed E-state index contributed by atoms with van der Waals surface area (Å²) in [6.45, 7) is 0. The highest BCUT2D eigenvalue weighted by molar-refractivity contribution is 7.92. The van der Waals surface area contributed by atoms with Crippen LogP contribution in [-0.2, 0) is 10.0 Å². The van der Waals surface area contributed by atoms with Crippen LogP contribution in [0, 0.1) is 0 Å². The van der Waals surface area contributed by atoms with Crippen LogP contribution in [0.25, 0.3) is 0 Å². The molecule has 0 aliphatic rings. The molecule has 0 bridgehead atoms. The molecule has 0 radical (unpaired) electrons. The Bertz CT molecular complexity index is 729. The molecule has 0 spiro atoms. The molecule has 1 aromatic carbocycles. The lowest BCUT2D eigenvalue weighted by molar-refractivity contribution is 0.0697. The van der Waals surface area contributed by atoms with Gasteiger partial charge in [-0.3, -0.25) is 4.72 Å². The molecule has 1 heterocycles. The largest absolute Gasteiger partial charge is 0.478 e. The van der Waals surface area contributed by atoms with E-state index < -0.39 is 16.0 Å². The molecule has 2 N–H and O–H groups in total. The summed E-state index contributed by atoms with van der Waals surface area (Å²) in [6.07, 6.45) is 2.15. The lowest BCUT2D eigenvalue weighted by atomic mass is 10.2. The van der Waals surface area contributed by atoms with Crippen LogP contribution in [0.5, 0.6) is 0 Å². The van der Waals surface area contributed by atoms with Crippen molar-refractivity contribution in [2.45, 2.75) is 4.90 Å². The fraction of sp³-hybridized carbons (Fsp3) is 0. The normalized spacial score (nSPS) is 11.1. The molecule has 104 valence electrons. The van der Waals surface area contributed by atoms with Gasteiger partial charge in [0.25, 0.3) is 10.0 Å². The summed E-state index contributed by atoms with van der Waals surface area (Å²) in [6, 6.07) is 5.27. The highest BCUT2D eigenvalue weighted by Gasteiger charge is 2.15. The predicted octanol–water partition coefficient (Wildman–Crippen LogP) is 1.63. The van der Waals surface area contributed by atoms with Crippen LogP contribution in [0.4, 0.5) is 5.69 Å². The van der Waals surface area contributed by atoms with Crippen molar-refractivity contribution >= 4 is 33.3 Å². The summed E-state index contributed by atoms with van der Waals surface area (Å²) in [5, 5.41) is 8.68. The molecule has 0 fully saturated rings. The van der Waals surface area contributed by atoms with E-state index >= 15 is 0 Å². The van der Waals surface area contributed by atoms with E-state index in [4.69, 9.17) is 16.7 Å². The standard InChI is InChI=1S/C11H8ClN3O4S/c12-11-13-5-9(6-14-11)20(18,19)15-8-3-1-7(2-4-8)10(16)17/h1-6,15H,(H,16,17). The van der Waals surface area contributed by atoms with Crippen molar-refractivity contribution in [2.75, 3.05) is 4.72 Å². The molecule has 0 saturated heterocycles. The van der Waals surface area contributed by atoms with Crippen LogP contribution in [0.15, 0.2) is 41.6 Å². The maximum Gasteiger partial charge on any atom is 0.335 e. The first kappa shape index (κ1) is 14.2. The van der Waals surface area contributed by atoms with Gasteiger partial charge in [0.2, 0.25) is 5.28 Å². The lowest BCUT2D eigenvalue weighted by Crippen LogP contribution is -2.13. The topological polar surface area (TPSA) is 109 Å². The predicted molar refractivity (Wildman–Crippen MR) is 71.3 cm³/mol. The summed E-state index contributed by atoms with van der Waals surface area (Å²) < 4.78 is 26.2. The third-order valence-corrected chi connectivity index (χ3v) is 3.82. The SMILES string of the molecule is O=C(O)c1ccc(NS(=O)(=O)c2cnc(Cl)nc2)cc1. The number of benzene rings is 1. The highest BCUT2D eigenvalue weighted by Crippen LogP contribution is 2.16. The Balaban J connectivity index is 2.24. The van der Waals surface area contributed by atoms with E-state index in [1.54, 1.807) is 0 Å². The molecular weight excluding hydrogens is 306 g/mol. The van der Waals surface area contributed by atoms with E-state index in [2.05, 4.69) is 14.7 Å². The molecule has 0 aliphatic heterocycles. The molecule has 2 aromatic rings. The zero-order valence-electron chi connectivity index (χ0n) is 9.82. The monoisotopic (exact) mass is 313 g/mol. The number of hydrogen-bond donors (Lipinski definition) is 2. The smallest absolute Gasteiger partial charge is 0.335 e. The van der Waals surface area contributed by atoms with E-state index in [1.165, 1.54) is 24.3 Å². The minimum absolute atomic E-state index is 0.0581. The molecule has 0 saturated carbocycles. The molecule has 2 rings (SSSR count). The molecule has 1 aromatic heterocycles. The number of sulfonamides is 1. The van der Waals surface area contributed by atoms with Gasteiger partial charge in [0.15, 0.2) is 0 Å². The van der Waals surface area contributed by atoms with E-state index in [0.717, 1.165) is 12.4 Å². The number of carboxylic acids is 1. The number of aromatic carboxylic acids is 1. The van der Waals surface area contributed by atoms with Crippen LogP contribution in [0.2, 0.25) is 5.28 Å². The highest BCUT2D eigenvalue weighted by atomic mass is 35.5. The Labute approximate surface area is 119 Å². The average Bonchev–Trinajstić information content (AvgIpc) is 2.39. The van der Waals surface area contributed by atoms with Crippen LogP contribution in [0.3, 0.4) is 0 Å². The van der Waals surface area contributed by atoms with E-state index in [-0.39, 0.29) is 21.4 Å². The van der Waals surface area contributed by atoms with Crippen molar-refractivity contribution in [3.63, 3.8) is 0 Å². The minimum Gasteiger partial charge on any atom is -0.478 e. The lowest BCUT2D eigenvalue weighted by Gasteiger charge is -2.07. The Kier molecular flexibility index (Phi) is 3.86. The summed E-state index contributed by atoms with van der Waals surface area (Å²) in [4.78, 5) is 17.7. The van der Waals surface area contributed by atoms with Gasteiger partial charge in [-0.15, -0.1) is 0 Å². The van der Waals surface area contributed by atoms with Gasteiger partial charge in [0.05, 0.1) is 18.0 Å². The third kappa shape index (κ3) is 3.22. The molecule has 20 heavy (non-hydrogen) atoms. The number of carbonyl (C=O) groups is 1. The maximum absolute atomic E-state index is 12.0. The summed E-state index contributed by atoms with van der Waals surface area (Å²) in [5.74, 6) is -1.09. The number of aromatic nitrogens is 2. The summed E-state index contributed by atoms with van der Waals surface area (Å²) in [7, 11) is -3.84. The number of hydrogen-bond acceptors (Lipinski definition) is 5. The number of nitrogens with one attached hydrogen (secondary N) is 1. The number of halogens is 1. The minimum atomic E-state index is -3.84. The number of nitrogens with zero attached hydrogens (tertiary/aromatic N) is 2. The average molecular weight is 314 g/mol. The number of carboxylic acid groups (broad SMARTS) is 1. The second-order valence-electron chi connectivity index (χ2n) is 3.68. The molecule has 0 amide bonds. The maximum atomic E-state index is 12.0. The fourth-order valence-corrected chi connectivity index (χ4v) is 2.38. The van der Waals surface area contributed by atoms with Crippen LogP contribution in [-0.4, -0.2) is 29.5 Å². The Morgan fingerprint density at radius 1 is 1.15 bits per heavy atom. The van der Waals surface area contributed by atoms with Gasteiger partial charge in [0.1, 0.15) is 4.90 Å². The fourth-order valence-electron chi connectivity index (χ4n) is 1.33. The summed E-state index contributed by atoms with van der Waals surface area (Å²) >= 11 is 5.48. The van der Waals surface area contributed by atoms with Crippen LogP contribution >= 0.6 is 11.6 Å². The zero-order valence-corrected chi connectivity index (χ0v) is 11.4. The van der Waals surface area contributed by atoms with Crippen molar-refractivity contribution in [3.05, 3.63) is 47.5 Å². The van der Waals surface area contributed by atoms with E-state index in [9.17, 15) is 13.2 Å². The Morgan fingerprint density at radius 3 is 2.20 bits per heavy atom. The van der Waals surface area contributed by atoms with Crippen molar-refractivity contribution in [1.29, 1.82) is 0 Å². The molecule has 0 aliphatic carbocycles. The molecule has 0 unspecified atom stereocenters. The first-order chi connectivity index (χ1) is 9.38. The number of anilines is 1. The van der Waals surface area contributed by atoms with Gasteiger partial charge < -0.3 is 5.11 Å². The van der Waals surface area contributed by atoms with Crippen molar-refractivity contribution < 1.29 is 18.3 Å². The van der Waals surface area contributed by atoms with Gasteiger partial charge in [-0.05, 0) is 35.9 Å². The Morgan fingerprint density at radius 2 is 1.70 bits per heavy atom. The summed E-state index contributed by atoms with van der Waals surface area (Å²) in [5.41, 5.74) is 0.285. The first-order valence-corrected chi connectivity index (χ1v) is 7.08. The number of rotatable bonds is 4.